The molecule has 0 aromatic heterocycles. The van der Waals surface area contributed by atoms with Crippen molar-refractivity contribution >= 4 is 75.7 Å². The van der Waals surface area contributed by atoms with E-state index in [4.69, 9.17) is 56.5 Å². The average Bonchev–Trinajstić information content (AvgIpc) is 2.73. The molecular weight excluding hydrogens is 483 g/mol. The third kappa shape index (κ3) is 4.70. The number of rotatable bonds is 6. The van der Waals surface area contributed by atoms with Crippen LogP contribution >= 0.6 is 47.0 Å². The van der Waals surface area contributed by atoms with Gasteiger partial charge in [-0.05, 0) is 48.1 Å². The van der Waals surface area contributed by atoms with E-state index in [1.807, 2.05) is 0 Å². The summed E-state index contributed by atoms with van der Waals surface area (Å²) in [6.07, 6.45) is 2.94. The fourth-order valence-electron chi connectivity index (χ4n) is 2.81. The van der Waals surface area contributed by atoms with Gasteiger partial charge in [-0.15, -0.1) is 0 Å². The lowest BCUT2D eigenvalue weighted by Crippen LogP contribution is -2.54. The number of amides is 2. The van der Waals surface area contributed by atoms with Crippen LogP contribution in [0.15, 0.2) is 48.6 Å². The van der Waals surface area contributed by atoms with Crippen molar-refractivity contribution in [2.24, 2.45) is 0 Å². The third-order valence-corrected chi connectivity index (χ3v) is 5.56. The Morgan fingerprint density at radius 2 is 1.94 bits per heavy atom. The summed E-state index contributed by atoms with van der Waals surface area (Å²) in [6.45, 7) is 3.82. The largest absolute Gasteiger partial charge is 0.493 e. The van der Waals surface area contributed by atoms with Gasteiger partial charge in [0.1, 0.15) is 12.2 Å². The maximum absolute atomic E-state index is 13.2. The van der Waals surface area contributed by atoms with Crippen LogP contribution in [0.25, 0.3) is 6.08 Å². The minimum absolute atomic E-state index is 0.111. The Balaban J connectivity index is 2.05. The fourth-order valence-corrected chi connectivity index (χ4v) is 3.74. The van der Waals surface area contributed by atoms with Crippen LogP contribution in [0.3, 0.4) is 0 Å². The molecule has 1 aliphatic heterocycles. The molecule has 1 saturated heterocycles. The van der Waals surface area contributed by atoms with Gasteiger partial charge in [0.25, 0.3) is 11.8 Å². The molecule has 1 aliphatic rings. The molecule has 10 heteroatoms. The van der Waals surface area contributed by atoms with Gasteiger partial charge in [0, 0.05) is 0 Å². The van der Waals surface area contributed by atoms with Gasteiger partial charge in [0.2, 0.25) is 0 Å². The number of methoxy groups -OCH3 is 1. The van der Waals surface area contributed by atoms with E-state index < -0.39 is 11.8 Å². The summed E-state index contributed by atoms with van der Waals surface area (Å²) < 4.78 is 10.8. The Hall–Kier alpha value is -2.58. The number of benzene rings is 2. The molecule has 6 nitrogen and oxygen atoms in total. The molecule has 0 spiro atoms. The van der Waals surface area contributed by atoms with Crippen molar-refractivity contribution in [3.05, 3.63) is 69.2 Å². The molecule has 1 fully saturated rings. The molecule has 0 saturated carbocycles. The van der Waals surface area contributed by atoms with E-state index in [-0.39, 0.29) is 38.0 Å². The highest BCUT2D eigenvalue weighted by Gasteiger charge is 2.35. The standard InChI is InChI=1S/C21H15Cl3N2O4S/c1-3-7-30-18-14(23)9-11(10-16(18)29-2)8-12-19(27)25-21(31)26(20(12)28)15-6-4-5-13(22)17(15)24/h3-6,8-10H,1,7H2,2H3,(H,25,27,31). The Bertz CT molecular complexity index is 1130. The van der Waals surface area contributed by atoms with E-state index in [9.17, 15) is 9.59 Å². The molecule has 3 rings (SSSR count). The Morgan fingerprint density at radius 1 is 1.19 bits per heavy atom. The number of nitrogens with one attached hydrogen (secondary N) is 1. The first-order valence-corrected chi connectivity index (χ1v) is 10.3. The van der Waals surface area contributed by atoms with Gasteiger partial charge < -0.3 is 9.47 Å². The van der Waals surface area contributed by atoms with Crippen molar-refractivity contribution in [3.8, 4) is 11.5 Å². The van der Waals surface area contributed by atoms with Gasteiger partial charge in [-0.2, -0.15) is 0 Å². The van der Waals surface area contributed by atoms with Crippen LogP contribution in [0, 0.1) is 0 Å². The predicted molar refractivity (Wildman–Crippen MR) is 126 cm³/mol. The molecule has 2 aromatic rings. The van der Waals surface area contributed by atoms with E-state index in [0.29, 0.717) is 17.1 Å². The zero-order valence-corrected chi connectivity index (χ0v) is 19.2. The van der Waals surface area contributed by atoms with Gasteiger partial charge >= 0.3 is 0 Å². The summed E-state index contributed by atoms with van der Waals surface area (Å²) in [5, 5.41) is 2.98. The zero-order valence-electron chi connectivity index (χ0n) is 16.1. The van der Waals surface area contributed by atoms with Crippen LogP contribution in [0.4, 0.5) is 5.69 Å². The van der Waals surface area contributed by atoms with Crippen molar-refractivity contribution in [3.63, 3.8) is 0 Å². The van der Waals surface area contributed by atoms with E-state index in [2.05, 4.69) is 11.9 Å². The lowest BCUT2D eigenvalue weighted by Gasteiger charge is -2.29. The fraction of sp³-hybridized carbons (Fsp3) is 0.0952. The van der Waals surface area contributed by atoms with Gasteiger partial charge in [0.15, 0.2) is 16.6 Å². The highest BCUT2D eigenvalue weighted by molar-refractivity contribution is 7.80. The quantitative estimate of drug-likeness (QED) is 0.262. The van der Waals surface area contributed by atoms with Crippen molar-refractivity contribution in [1.29, 1.82) is 0 Å². The number of carbonyl (C=O) groups is 2. The number of ether oxygens (including phenoxy) is 2. The van der Waals surface area contributed by atoms with Crippen LogP contribution in [0.2, 0.25) is 15.1 Å². The second-order valence-electron chi connectivity index (χ2n) is 6.16. The second-order valence-corrected chi connectivity index (χ2v) is 7.74. The molecule has 1 heterocycles. The monoisotopic (exact) mass is 496 g/mol. The number of halogens is 3. The minimum atomic E-state index is -0.667. The highest BCUT2D eigenvalue weighted by atomic mass is 35.5. The summed E-state index contributed by atoms with van der Waals surface area (Å²) in [5.41, 5.74) is 0.512. The number of anilines is 1. The molecule has 0 radical (unpaired) electrons. The maximum atomic E-state index is 13.2. The summed E-state index contributed by atoms with van der Waals surface area (Å²) >= 11 is 23.8. The predicted octanol–water partition coefficient (Wildman–Crippen LogP) is 5.05. The molecule has 2 amide bonds. The molecule has 0 unspecified atom stereocenters. The number of thiocarbonyl (C=S) groups is 1. The van der Waals surface area contributed by atoms with Gasteiger partial charge in [0.05, 0.1) is 27.9 Å². The van der Waals surface area contributed by atoms with E-state index in [1.165, 1.54) is 13.2 Å². The summed E-state index contributed by atoms with van der Waals surface area (Å²) in [6, 6.07) is 7.89. The molecule has 0 aliphatic carbocycles. The smallest absolute Gasteiger partial charge is 0.270 e. The zero-order chi connectivity index (χ0) is 22.7. The molecule has 1 N–H and O–H groups in total. The normalized spacial score (nSPS) is 15.2. The van der Waals surface area contributed by atoms with Crippen LogP contribution in [-0.4, -0.2) is 30.6 Å². The lowest BCUT2D eigenvalue weighted by molar-refractivity contribution is -0.122. The van der Waals surface area contributed by atoms with E-state index >= 15 is 0 Å². The number of carbonyl (C=O) groups excluding carboxylic acids is 2. The highest BCUT2D eigenvalue weighted by Crippen LogP contribution is 2.38. The average molecular weight is 498 g/mol. The van der Waals surface area contributed by atoms with Gasteiger partial charge in [-0.25, -0.2) is 0 Å². The SMILES string of the molecule is C=CCOc1c(Cl)cc(C=C2C(=O)NC(=S)N(c3cccc(Cl)c3Cl)C2=O)cc1OC. The van der Waals surface area contributed by atoms with Crippen LogP contribution < -0.4 is 19.7 Å². The molecule has 160 valence electrons. The molecule has 31 heavy (non-hydrogen) atoms. The van der Waals surface area contributed by atoms with Gasteiger partial charge in [-0.3, -0.25) is 19.8 Å². The first-order chi connectivity index (χ1) is 14.8. The second kappa shape index (κ2) is 9.70. The van der Waals surface area contributed by atoms with Crippen molar-refractivity contribution in [1.82, 2.24) is 5.32 Å². The minimum Gasteiger partial charge on any atom is -0.493 e. The Morgan fingerprint density at radius 3 is 2.61 bits per heavy atom. The molecule has 0 bridgehead atoms. The Kier molecular flexibility index (Phi) is 7.23. The topological polar surface area (TPSA) is 67.9 Å². The summed E-state index contributed by atoms with van der Waals surface area (Å²) in [5.74, 6) is -0.680. The van der Waals surface area contributed by atoms with Crippen LogP contribution in [0.1, 0.15) is 5.56 Å². The number of nitrogens with zero attached hydrogens (tertiary/aromatic N) is 1. The van der Waals surface area contributed by atoms with Crippen molar-refractivity contribution in [2.45, 2.75) is 0 Å². The van der Waals surface area contributed by atoms with E-state index in [0.717, 1.165) is 4.90 Å². The lowest BCUT2D eigenvalue weighted by atomic mass is 10.1. The number of hydrogen-bond acceptors (Lipinski definition) is 5. The van der Waals surface area contributed by atoms with Gasteiger partial charge in [-0.1, -0.05) is 53.5 Å². The van der Waals surface area contributed by atoms with Crippen LogP contribution in [-0.2, 0) is 9.59 Å². The van der Waals surface area contributed by atoms with E-state index in [1.54, 1.807) is 36.4 Å². The third-order valence-electron chi connectivity index (χ3n) is 4.18. The molecular formula is C21H15Cl3N2O4S. The first kappa shape index (κ1) is 23.1. The first-order valence-electron chi connectivity index (χ1n) is 8.75. The van der Waals surface area contributed by atoms with Crippen molar-refractivity contribution in [2.75, 3.05) is 18.6 Å². The molecule has 2 aromatic carbocycles. The molecule has 0 atom stereocenters. The van der Waals surface area contributed by atoms with Crippen molar-refractivity contribution < 1.29 is 19.1 Å². The maximum Gasteiger partial charge on any atom is 0.270 e. The Labute approximate surface area is 199 Å². The van der Waals surface area contributed by atoms with Crippen LogP contribution in [0.5, 0.6) is 11.5 Å². The summed E-state index contributed by atoms with van der Waals surface area (Å²) in [7, 11) is 1.45. The number of hydrogen-bond donors (Lipinski definition) is 1. The summed E-state index contributed by atoms with van der Waals surface area (Å²) in [4.78, 5) is 26.8.